The second kappa shape index (κ2) is 6.25. The summed E-state index contributed by atoms with van der Waals surface area (Å²) in [7, 11) is -4.10. The number of nitrogen functional groups attached to an aromatic ring is 1. The lowest BCUT2D eigenvalue weighted by atomic mass is 9.87. The van der Waals surface area contributed by atoms with Gasteiger partial charge in [0, 0.05) is 12.6 Å². The lowest BCUT2D eigenvalue weighted by Gasteiger charge is -2.25. The van der Waals surface area contributed by atoms with Crippen LogP contribution in [0.3, 0.4) is 0 Å². The molecule has 0 saturated heterocycles. The van der Waals surface area contributed by atoms with E-state index in [9.17, 15) is 22.3 Å². The molecule has 1 saturated carbocycles. The molecule has 118 valence electrons. The van der Waals surface area contributed by atoms with Crippen LogP contribution in [-0.2, 0) is 10.0 Å². The highest BCUT2D eigenvalue weighted by atomic mass is 32.2. The molecule has 1 fully saturated rings. The van der Waals surface area contributed by atoms with Gasteiger partial charge in [-0.25, -0.2) is 21.9 Å². The number of nitrogens with two attached hydrogens (primary N) is 1. The lowest BCUT2D eigenvalue weighted by molar-refractivity contribution is 0.102. The number of anilines is 1. The molecule has 2 rings (SSSR count). The topological polar surface area (TPSA) is 92.4 Å². The van der Waals surface area contributed by atoms with E-state index >= 15 is 0 Å². The summed E-state index contributed by atoms with van der Waals surface area (Å²) in [4.78, 5) is -0.669. The van der Waals surface area contributed by atoms with Crippen molar-refractivity contribution in [3.63, 3.8) is 0 Å². The van der Waals surface area contributed by atoms with E-state index in [1.807, 2.05) is 0 Å². The van der Waals surface area contributed by atoms with Crippen molar-refractivity contribution < 1.29 is 22.3 Å². The average molecular weight is 320 g/mol. The van der Waals surface area contributed by atoms with Crippen molar-refractivity contribution in [3.05, 3.63) is 23.8 Å². The van der Waals surface area contributed by atoms with Crippen LogP contribution in [0.5, 0.6) is 0 Å². The Bertz CT molecular complexity index is 622. The third-order valence-corrected chi connectivity index (χ3v) is 5.10. The number of rotatable bonds is 4. The van der Waals surface area contributed by atoms with Crippen molar-refractivity contribution in [3.8, 4) is 0 Å². The van der Waals surface area contributed by atoms with Crippen LogP contribution in [0.2, 0.25) is 0 Å². The van der Waals surface area contributed by atoms with Gasteiger partial charge in [-0.1, -0.05) is 6.42 Å². The Balaban J connectivity index is 2.10. The van der Waals surface area contributed by atoms with Gasteiger partial charge in [-0.05, 0) is 31.2 Å². The quantitative estimate of drug-likeness (QED) is 0.731. The van der Waals surface area contributed by atoms with Crippen molar-refractivity contribution in [1.82, 2.24) is 4.72 Å². The van der Waals surface area contributed by atoms with Crippen LogP contribution in [0.25, 0.3) is 0 Å². The SMILES string of the molecule is Nc1cc(S(=O)(=O)NCC2CCCC(O)C2)c(F)cc1F. The van der Waals surface area contributed by atoms with Crippen molar-refractivity contribution in [2.75, 3.05) is 12.3 Å². The van der Waals surface area contributed by atoms with Crippen molar-refractivity contribution in [2.24, 2.45) is 5.92 Å². The number of hydrogen-bond donors (Lipinski definition) is 3. The fourth-order valence-electron chi connectivity index (χ4n) is 2.50. The number of sulfonamides is 1. The van der Waals surface area contributed by atoms with Crippen molar-refractivity contribution in [1.29, 1.82) is 0 Å². The molecule has 0 amide bonds. The third-order valence-electron chi connectivity index (χ3n) is 3.66. The summed E-state index contributed by atoms with van der Waals surface area (Å²) in [6.07, 6.45) is 2.42. The van der Waals surface area contributed by atoms with Gasteiger partial charge in [0.05, 0.1) is 11.8 Å². The highest BCUT2D eigenvalue weighted by molar-refractivity contribution is 7.89. The van der Waals surface area contributed by atoms with E-state index in [1.165, 1.54) is 0 Å². The molecule has 21 heavy (non-hydrogen) atoms. The van der Waals surface area contributed by atoms with E-state index in [1.54, 1.807) is 0 Å². The fourth-order valence-corrected chi connectivity index (χ4v) is 3.71. The van der Waals surface area contributed by atoms with E-state index in [0.717, 1.165) is 18.9 Å². The summed E-state index contributed by atoms with van der Waals surface area (Å²) in [5, 5.41) is 9.54. The summed E-state index contributed by atoms with van der Waals surface area (Å²) in [5.74, 6) is -2.18. The van der Waals surface area contributed by atoms with Crippen LogP contribution in [0.4, 0.5) is 14.5 Å². The Kier molecular flexibility index (Phi) is 4.80. The molecule has 0 spiro atoms. The summed E-state index contributed by atoms with van der Waals surface area (Å²) >= 11 is 0. The minimum atomic E-state index is -4.10. The Morgan fingerprint density at radius 3 is 2.67 bits per heavy atom. The molecule has 1 aliphatic rings. The highest BCUT2D eigenvalue weighted by Crippen LogP contribution is 2.25. The monoisotopic (exact) mass is 320 g/mol. The Hall–Kier alpha value is -1.25. The van der Waals surface area contributed by atoms with Crippen LogP contribution >= 0.6 is 0 Å². The van der Waals surface area contributed by atoms with Gasteiger partial charge >= 0.3 is 0 Å². The minimum Gasteiger partial charge on any atom is -0.396 e. The molecule has 5 nitrogen and oxygen atoms in total. The molecule has 1 aliphatic carbocycles. The first-order chi connectivity index (χ1) is 9.79. The summed E-state index contributed by atoms with van der Waals surface area (Å²) < 4.78 is 53.1. The Labute approximate surface area is 122 Å². The summed E-state index contributed by atoms with van der Waals surface area (Å²) in [6, 6.07) is 1.22. The van der Waals surface area contributed by atoms with E-state index in [-0.39, 0.29) is 12.5 Å². The molecular weight excluding hydrogens is 302 g/mol. The molecule has 1 aromatic rings. The van der Waals surface area contributed by atoms with Crippen LogP contribution in [-0.4, -0.2) is 26.2 Å². The summed E-state index contributed by atoms with van der Waals surface area (Å²) in [6.45, 7) is 0.107. The third kappa shape index (κ3) is 3.90. The van der Waals surface area contributed by atoms with Crippen LogP contribution < -0.4 is 10.5 Å². The molecule has 0 bridgehead atoms. The lowest BCUT2D eigenvalue weighted by Crippen LogP contribution is -2.33. The normalized spacial score (nSPS) is 23.2. The zero-order valence-electron chi connectivity index (χ0n) is 11.4. The molecule has 4 N–H and O–H groups in total. The predicted molar refractivity (Wildman–Crippen MR) is 73.9 cm³/mol. The molecule has 1 aromatic carbocycles. The number of aliphatic hydroxyl groups is 1. The van der Waals surface area contributed by atoms with E-state index in [0.29, 0.717) is 18.9 Å². The van der Waals surface area contributed by atoms with E-state index in [2.05, 4.69) is 4.72 Å². The number of benzene rings is 1. The number of hydrogen-bond acceptors (Lipinski definition) is 4. The number of halogens is 2. The van der Waals surface area contributed by atoms with Crippen molar-refractivity contribution >= 4 is 15.7 Å². The van der Waals surface area contributed by atoms with Crippen LogP contribution in [0.1, 0.15) is 25.7 Å². The fraction of sp³-hybridized carbons (Fsp3) is 0.538. The first-order valence-corrected chi connectivity index (χ1v) is 8.20. The van der Waals surface area contributed by atoms with E-state index in [4.69, 9.17) is 5.73 Å². The second-order valence-electron chi connectivity index (χ2n) is 5.34. The predicted octanol–water partition coefficient (Wildman–Crippen LogP) is 1.38. The van der Waals surface area contributed by atoms with Gasteiger partial charge in [-0.15, -0.1) is 0 Å². The van der Waals surface area contributed by atoms with Crippen molar-refractivity contribution in [2.45, 2.75) is 36.7 Å². The molecule has 0 aromatic heterocycles. The zero-order chi connectivity index (χ0) is 15.6. The maximum absolute atomic E-state index is 13.6. The zero-order valence-corrected chi connectivity index (χ0v) is 12.2. The molecule has 2 unspecified atom stereocenters. The molecule has 0 aliphatic heterocycles. The molecular formula is C13H18F2N2O3S. The standard InChI is InChI=1S/C13H18F2N2O3S/c14-10-5-11(15)13(6-12(10)16)21(19,20)17-7-8-2-1-3-9(18)4-8/h5-6,8-9,17-18H,1-4,7,16H2. The first-order valence-electron chi connectivity index (χ1n) is 6.72. The Morgan fingerprint density at radius 2 is 2.00 bits per heavy atom. The van der Waals surface area contributed by atoms with Gasteiger partial charge in [0.1, 0.15) is 16.5 Å². The van der Waals surface area contributed by atoms with E-state index < -0.39 is 38.3 Å². The maximum Gasteiger partial charge on any atom is 0.243 e. The van der Waals surface area contributed by atoms with Gasteiger partial charge in [0.2, 0.25) is 10.0 Å². The Morgan fingerprint density at radius 1 is 1.29 bits per heavy atom. The smallest absolute Gasteiger partial charge is 0.243 e. The molecule has 8 heteroatoms. The number of aliphatic hydroxyl groups excluding tert-OH is 1. The second-order valence-corrected chi connectivity index (χ2v) is 7.08. The molecule has 0 heterocycles. The highest BCUT2D eigenvalue weighted by Gasteiger charge is 2.25. The summed E-state index contributed by atoms with van der Waals surface area (Å²) in [5.41, 5.74) is 4.85. The van der Waals surface area contributed by atoms with Crippen LogP contribution in [0.15, 0.2) is 17.0 Å². The number of nitrogens with one attached hydrogen (secondary N) is 1. The van der Waals surface area contributed by atoms with Gasteiger partial charge < -0.3 is 10.8 Å². The molecule has 0 radical (unpaired) electrons. The van der Waals surface area contributed by atoms with Crippen LogP contribution in [0, 0.1) is 17.6 Å². The minimum absolute atomic E-state index is 0.00406. The molecule has 2 atom stereocenters. The van der Waals surface area contributed by atoms with Gasteiger partial charge in [0.25, 0.3) is 0 Å². The van der Waals surface area contributed by atoms with Gasteiger partial charge in [-0.2, -0.15) is 0 Å². The first kappa shape index (κ1) is 16.1. The largest absolute Gasteiger partial charge is 0.396 e. The van der Waals surface area contributed by atoms with Gasteiger partial charge in [-0.3, -0.25) is 0 Å². The van der Waals surface area contributed by atoms with Gasteiger partial charge in [0.15, 0.2) is 0 Å². The maximum atomic E-state index is 13.6. The average Bonchev–Trinajstić information content (AvgIpc) is 2.41.